The van der Waals surface area contributed by atoms with Crippen LogP contribution in [0.15, 0.2) is 54.9 Å². The summed E-state index contributed by atoms with van der Waals surface area (Å²) in [5.74, 6) is 0.990. The monoisotopic (exact) mass is 405 g/mol. The molecule has 154 valence electrons. The molecule has 8 nitrogen and oxygen atoms in total. The van der Waals surface area contributed by atoms with Crippen LogP contribution < -0.4 is 10.2 Å². The minimum Gasteiger partial charge on any atom is -0.462 e. The minimum absolute atomic E-state index is 0.262. The molecule has 1 aliphatic rings. The average Bonchev–Trinajstić information content (AvgIpc) is 2.80. The largest absolute Gasteiger partial charge is 0.462 e. The van der Waals surface area contributed by atoms with E-state index in [-0.39, 0.29) is 6.61 Å². The van der Waals surface area contributed by atoms with Crippen LogP contribution >= 0.6 is 0 Å². The van der Waals surface area contributed by atoms with Crippen LogP contribution in [-0.4, -0.2) is 53.8 Å². The highest BCUT2D eigenvalue weighted by Gasteiger charge is 2.27. The Morgan fingerprint density at radius 1 is 1.10 bits per heavy atom. The predicted octanol–water partition coefficient (Wildman–Crippen LogP) is 3.30. The van der Waals surface area contributed by atoms with Crippen LogP contribution in [0.25, 0.3) is 11.4 Å². The SMILES string of the molecule is CCOC(=O)c1c(Nc2ccccc2)nc(-c2ccncc2)nc1N1CCOCC1. The number of hydrogen-bond donors (Lipinski definition) is 1. The maximum absolute atomic E-state index is 13.0. The molecule has 0 amide bonds. The maximum atomic E-state index is 13.0. The van der Waals surface area contributed by atoms with Gasteiger partial charge in [-0.05, 0) is 31.2 Å². The molecule has 30 heavy (non-hydrogen) atoms. The van der Waals surface area contributed by atoms with Gasteiger partial charge in [0.2, 0.25) is 0 Å². The zero-order valence-corrected chi connectivity index (χ0v) is 16.7. The number of aromatic nitrogens is 3. The summed E-state index contributed by atoms with van der Waals surface area (Å²) < 4.78 is 10.8. The highest BCUT2D eigenvalue weighted by Crippen LogP contribution is 2.31. The number of para-hydroxylation sites is 1. The standard InChI is InChI=1S/C22H23N5O3/c1-2-30-22(28)18-20(24-17-6-4-3-5-7-17)25-19(16-8-10-23-11-9-16)26-21(18)27-12-14-29-15-13-27/h3-11H,2,12-15H2,1H3,(H,24,25,26). The molecule has 8 heteroatoms. The van der Waals surface area contributed by atoms with E-state index in [1.54, 1.807) is 19.3 Å². The van der Waals surface area contributed by atoms with Crippen molar-refractivity contribution >= 4 is 23.3 Å². The lowest BCUT2D eigenvalue weighted by Crippen LogP contribution is -2.38. The summed E-state index contributed by atoms with van der Waals surface area (Å²) in [6.07, 6.45) is 3.38. The zero-order chi connectivity index (χ0) is 20.8. The molecule has 3 heterocycles. The molecular weight excluding hydrogens is 382 g/mol. The van der Waals surface area contributed by atoms with Gasteiger partial charge in [0.25, 0.3) is 0 Å². The molecule has 1 N–H and O–H groups in total. The average molecular weight is 405 g/mol. The predicted molar refractivity (Wildman–Crippen MR) is 114 cm³/mol. The van der Waals surface area contributed by atoms with E-state index in [4.69, 9.17) is 14.5 Å². The Hall–Kier alpha value is -3.52. The Morgan fingerprint density at radius 2 is 1.83 bits per heavy atom. The molecule has 1 aliphatic heterocycles. The van der Waals surface area contributed by atoms with Crippen molar-refractivity contribution in [1.29, 1.82) is 0 Å². The third-order valence-electron chi connectivity index (χ3n) is 4.66. The van der Waals surface area contributed by atoms with E-state index in [1.807, 2.05) is 47.4 Å². The Kier molecular flexibility index (Phi) is 6.14. The van der Waals surface area contributed by atoms with E-state index in [9.17, 15) is 4.79 Å². The number of ether oxygens (including phenoxy) is 2. The number of rotatable bonds is 6. The molecular formula is C22H23N5O3. The van der Waals surface area contributed by atoms with Crippen molar-refractivity contribution in [3.05, 3.63) is 60.4 Å². The van der Waals surface area contributed by atoms with Gasteiger partial charge in [-0.3, -0.25) is 4.98 Å². The fourth-order valence-corrected chi connectivity index (χ4v) is 3.22. The van der Waals surface area contributed by atoms with Gasteiger partial charge in [-0.2, -0.15) is 0 Å². The topological polar surface area (TPSA) is 89.5 Å². The van der Waals surface area contributed by atoms with Crippen molar-refractivity contribution in [2.45, 2.75) is 6.92 Å². The second-order valence-corrected chi connectivity index (χ2v) is 6.64. The van der Waals surface area contributed by atoms with Crippen molar-refractivity contribution in [2.24, 2.45) is 0 Å². The number of benzene rings is 1. The number of anilines is 3. The van der Waals surface area contributed by atoms with Crippen LogP contribution in [-0.2, 0) is 9.47 Å². The van der Waals surface area contributed by atoms with Gasteiger partial charge in [-0.1, -0.05) is 18.2 Å². The molecule has 0 unspecified atom stereocenters. The second kappa shape index (κ2) is 9.32. The van der Waals surface area contributed by atoms with Crippen LogP contribution in [0.1, 0.15) is 17.3 Å². The van der Waals surface area contributed by atoms with Gasteiger partial charge in [-0.25, -0.2) is 14.8 Å². The van der Waals surface area contributed by atoms with Crippen molar-refractivity contribution in [3.8, 4) is 11.4 Å². The van der Waals surface area contributed by atoms with E-state index in [0.717, 1.165) is 11.3 Å². The van der Waals surface area contributed by atoms with Crippen LogP contribution in [0.4, 0.5) is 17.3 Å². The zero-order valence-electron chi connectivity index (χ0n) is 16.7. The summed E-state index contributed by atoms with van der Waals surface area (Å²) in [5, 5.41) is 3.28. The minimum atomic E-state index is -0.460. The van der Waals surface area contributed by atoms with Gasteiger partial charge < -0.3 is 19.7 Å². The number of esters is 1. The van der Waals surface area contributed by atoms with Crippen LogP contribution in [0, 0.1) is 0 Å². The summed E-state index contributed by atoms with van der Waals surface area (Å²) in [7, 11) is 0. The molecule has 0 atom stereocenters. The van der Waals surface area contributed by atoms with E-state index in [2.05, 4.69) is 15.3 Å². The summed E-state index contributed by atoms with van der Waals surface area (Å²) in [6, 6.07) is 13.3. The quantitative estimate of drug-likeness (QED) is 0.625. The second-order valence-electron chi connectivity index (χ2n) is 6.64. The number of nitrogens with zero attached hydrogens (tertiary/aromatic N) is 4. The molecule has 4 rings (SSSR count). The smallest absolute Gasteiger partial charge is 0.345 e. The van der Waals surface area contributed by atoms with Crippen molar-refractivity contribution < 1.29 is 14.3 Å². The van der Waals surface area contributed by atoms with Gasteiger partial charge >= 0.3 is 5.97 Å². The van der Waals surface area contributed by atoms with Gasteiger partial charge in [0.05, 0.1) is 19.8 Å². The molecule has 0 bridgehead atoms. The number of carbonyl (C=O) groups excluding carboxylic acids is 1. The first-order valence-electron chi connectivity index (χ1n) is 9.90. The molecule has 1 fully saturated rings. The molecule has 1 aromatic carbocycles. The van der Waals surface area contributed by atoms with Crippen LogP contribution in [0.2, 0.25) is 0 Å². The van der Waals surface area contributed by atoms with Gasteiger partial charge in [0.1, 0.15) is 11.4 Å². The Labute approximate surface area is 174 Å². The van der Waals surface area contributed by atoms with E-state index in [1.165, 1.54) is 0 Å². The van der Waals surface area contributed by atoms with E-state index in [0.29, 0.717) is 49.3 Å². The highest BCUT2D eigenvalue weighted by atomic mass is 16.5. The summed E-state index contributed by atoms with van der Waals surface area (Å²) in [5.41, 5.74) is 1.95. The number of hydrogen-bond acceptors (Lipinski definition) is 8. The molecule has 2 aromatic heterocycles. The number of nitrogens with one attached hydrogen (secondary N) is 1. The molecule has 0 saturated carbocycles. The number of carbonyl (C=O) groups is 1. The molecule has 0 radical (unpaired) electrons. The molecule has 3 aromatic rings. The summed E-state index contributed by atoms with van der Waals surface area (Å²) in [4.78, 5) is 28.5. The van der Waals surface area contributed by atoms with E-state index < -0.39 is 5.97 Å². The first kappa shape index (κ1) is 19.8. The Bertz CT molecular complexity index is 992. The van der Waals surface area contributed by atoms with Crippen LogP contribution in [0.5, 0.6) is 0 Å². The lowest BCUT2D eigenvalue weighted by Gasteiger charge is -2.30. The van der Waals surface area contributed by atoms with Crippen molar-refractivity contribution in [1.82, 2.24) is 15.0 Å². The number of morpholine rings is 1. The fraction of sp³-hybridized carbons (Fsp3) is 0.273. The fourth-order valence-electron chi connectivity index (χ4n) is 3.22. The normalized spacial score (nSPS) is 13.7. The van der Waals surface area contributed by atoms with Gasteiger partial charge in [0.15, 0.2) is 11.6 Å². The third-order valence-corrected chi connectivity index (χ3v) is 4.66. The summed E-state index contributed by atoms with van der Waals surface area (Å²) in [6.45, 7) is 4.44. The van der Waals surface area contributed by atoms with Crippen molar-refractivity contribution in [2.75, 3.05) is 43.1 Å². The van der Waals surface area contributed by atoms with Crippen LogP contribution in [0.3, 0.4) is 0 Å². The highest BCUT2D eigenvalue weighted by molar-refractivity contribution is 6.01. The maximum Gasteiger partial charge on any atom is 0.345 e. The first-order chi connectivity index (χ1) is 14.8. The van der Waals surface area contributed by atoms with Gasteiger partial charge in [0, 0.05) is 36.7 Å². The molecule has 0 spiro atoms. The Balaban J connectivity index is 1.88. The third kappa shape index (κ3) is 4.38. The van der Waals surface area contributed by atoms with Gasteiger partial charge in [-0.15, -0.1) is 0 Å². The summed E-state index contributed by atoms with van der Waals surface area (Å²) >= 11 is 0. The molecule has 0 aliphatic carbocycles. The first-order valence-corrected chi connectivity index (χ1v) is 9.90. The van der Waals surface area contributed by atoms with E-state index >= 15 is 0 Å². The number of pyridine rings is 1. The Morgan fingerprint density at radius 3 is 2.53 bits per heavy atom. The molecule has 1 saturated heterocycles. The van der Waals surface area contributed by atoms with Crippen molar-refractivity contribution in [3.63, 3.8) is 0 Å². The lowest BCUT2D eigenvalue weighted by molar-refractivity contribution is 0.0526. The lowest BCUT2D eigenvalue weighted by atomic mass is 10.2.